The van der Waals surface area contributed by atoms with E-state index in [0.29, 0.717) is 0 Å². The summed E-state index contributed by atoms with van der Waals surface area (Å²) in [7, 11) is 2.63. The van der Waals surface area contributed by atoms with Gasteiger partial charge in [-0.3, -0.25) is 0 Å². The van der Waals surface area contributed by atoms with Crippen LogP contribution in [-0.2, 0) is 0 Å². The maximum Gasteiger partial charge on any atom is 0.339 e. The normalized spacial score (nSPS) is 9.57. The van der Waals surface area contributed by atoms with E-state index in [2.05, 4.69) is 0 Å². The molecule has 76 valence electrons. The molecule has 0 saturated carbocycles. The van der Waals surface area contributed by atoms with Gasteiger partial charge in [0.15, 0.2) is 11.5 Å². The van der Waals surface area contributed by atoms with Crippen molar-refractivity contribution in [3.05, 3.63) is 17.7 Å². The molecule has 5 nitrogen and oxygen atoms in total. The first kappa shape index (κ1) is 10.2. The van der Waals surface area contributed by atoms with E-state index in [1.165, 1.54) is 26.4 Å². The maximum absolute atomic E-state index is 10.7. The third-order valence-electron chi connectivity index (χ3n) is 1.73. The first-order chi connectivity index (χ1) is 6.61. The summed E-state index contributed by atoms with van der Waals surface area (Å²) in [5.41, 5.74) is -0.0536. The van der Waals surface area contributed by atoms with Crippen molar-refractivity contribution >= 4 is 5.97 Å². The van der Waals surface area contributed by atoms with Crippen molar-refractivity contribution in [3.63, 3.8) is 0 Å². The summed E-state index contributed by atoms with van der Waals surface area (Å²) in [6.07, 6.45) is 0. The van der Waals surface area contributed by atoms with Gasteiger partial charge >= 0.3 is 5.97 Å². The van der Waals surface area contributed by atoms with Crippen LogP contribution in [0.1, 0.15) is 10.4 Å². The van der Waals surface area contributed by atoms with E-state index in [9.17, 15) is 9.90 Å². The molecule has 0 saturated heterocycles. The lowest BCUT2D eigenvalue weighted by molar-refractivity contribution is 0.0692. The zero-order chi connectivity index (χ0) is 10.7. The predicted molar refractivity (Wildman–Crippen MR) is 48.2 cm³/mol. The molecule has 0 aliphatic rings. The van der Waals surface area contributed by atoms with Crippen molar-refractivity contribution in [2.45, 2.75) is 0 Å². The van der Waals surface area contributed by atoms with Crippen LogP contribution in [-0.4, -0.2) is 30.4 Å². The van der Waals surface area contributed by atoms with Crippen LogP contribution in [0, 0.1) is 0 Å². The second-order valence-electron chi connectivity index (χ2n) is 2.50. The molecule has 1 aromatic rings. The van der Waals surface area contributed by atoms with Crippen LogP contribution in [0.4, 0.5) is 0 Å². The van der Waals surface area contributed by atoms with Gasteiger partial charge in [0, 0.05) is 0 Å². The van der Waals surface area contributed by atoms with E-state index >= 15 is 0 Å². The third kappa shape index (κ3) is 1.56. The highest BCUT2D eigenvalue weighted by Gasteiger charge is 2.18. The Balaban J connectivity index is 3.40. The summed E-state index contributed by atoms with van der Waals surface area (Å²) in [4.78, 5) is 10.7. The van der Waals surface area contributed by atoms with Gasteiger partial charge in [-0.05, 0) is 12.1 Å². The molecule has 0 fully saturated rings. The fourth-order valence-electron chi connectivity index (χ4n) is 1.12. The highest BCUT2D eigenvalue weighted by molar-refractivity contribution is 5.92. The topological polar surface area (TPSA) is 76.0 Å². The van der Waals surface area contributed by atoms with Gasteiger partial charge in [0.2, 0.25) is 5.75 Å². The van der Waals surface area contributed by atoms with Crippen LogP contribution < -0.4 is 9.47 Å². The molecule has 0 bridgehead atoms. The fraction of sp³-hybridized carbons (Fsp3) is 0.222. The highest BCUT2D eigenvalue weighted by atomic mass is 16.5. The maximum atomic E-state index is 10.7. The number of benzene rings is 1. The molecule has 5 heteroatoms. The number of hydrogen-bond acceptors (Lipinski definition) is 4. The number of aromatic hydroxyl groups is 1. The second-order valence-corrected chi connectivity index (χ2v) is 2.50. The lowest BCUT2D eigenvalue weighted by Crippen LogP contribution is -2.02. The van der Waals surface area contributed by atoms with Gasteiger partial charge in [-0.2, -0.15) is 0 Å². The molecule has 0 radical (unpaired) electrons. The van der Waals surface area contributed by atoms with Crippen LogP contribution in [0.2, 0.25) is 0 Å². The quantitative estimate of drug-likeness (QED) is 0.760. The highest BCUT2D eigenvalue weighted by Crippen LogP contribution is 2.38. The number of phenols is 1. The predicted octanol–water partition coefficient (Wildman–Crippen LogP) is 1.11. The Morgan fingerprint density at radius 1 is 1.21 bits per heavy atom. The van der Waals surface area contributed by atoms with E-state index in [0.717, 1.165) is 0 Å². The number of rotatable bonds is 3. The number of ether oxygens (including phenoxy) is 2. The largest absolute Gasteiger partial charge is 0.504 e. The minimum absolute atomic E-state index is 0.0139. The van der Waals surface area contributed by atoms with E-state index in [1.807, 2.05) is 0 Å². The minimum Gasteiger partial charge on any atom is -0.504 e. The van der Waals surface area contributed by atoms with Crippen LogP contribution in [0.15, 0.2) is 12.1 Å². The zero-order valence-corrected chi connectivity index (χ0v) is 7.77. The monoisotopic (exact) mass is 198 g/mol. The van der Waals surface area contributed by atoms with Crippen LogP contribution in [0.5, 0.6) is 17.2 Å². The van der Waals surface area contributed by atoms with Crippen molar-refractivity contribution in [2.75, 3.05) is 14.2 Å². The summed E-state index contributed by atoms with van der Waals surface area (Å²) < 4.78 is 9.66. The minimum atomic E-state index is -1.14. The molecule has 1 aromatic carbocycles. The molecule has 0 heterocycles. The molecule has 0 aromatic heterocycles. The van der Waals surface area contributed by atoms with Crippen molar-refractivity contribution < 1.29 is 24.5 Å². The lowest BCUT2D eigenvalue weighted by Gasteiger charge is -2.11. The average Bonchev–Trinajstić information content (AvgIpc) is 2.16. The van der Waals surface area contributed by atoms with Crippen LogP contribution in [0.3, 0.4) is 0 Å². The lowest BCUT2D eigenvalue weighted by atomic mass is 10.1. The number of phenolic OH excluding ortho intramolecular Hbond substituents is 1. The van der Waals surface area contributed by atoms with Crippen molar-refractivity contribution in [2.24, 2.45) is 0 Å². The van der Waals surface area contributed by atoms with Crippen molar-refractivity contribution in [1.29, 1.82) is 0 Å². The Kier molecular flexibility index (Phi) is 2.81. The number of aromatic carboxylic acids is 1. The average molecular weight is 198 g/mol. The van der Waals surface area contributed by atoms with Gasteiger partial charge in [-0.25, -0.2) is 4.79 Å². The van der Waals surface area contributed by atoms with Gasteiger partial charge < -0.3 is 19.7 Å². The van der Waals surface area contributed by atoms with Gasteiger partial charge in [-0.1, -0.05) is 0 Å². The third-order valence-corrected chi connectivity index (χ3v) is 1.73. The molecule has 0 aliphatic carbocycles. The number of hydrogen-bond donors (Lipinski definition) is 2. The van der Waals surface area contributed by atoms with E-state index in [-0.39, 0.29) is 22.8 Å². The number of methoxy groups -OCH3 is 2. The molecule has 14 heavy (non-hydrogen) atoms. The van der Waals surface area contributed by atoms with Gasteiger partial charge in [-0.15, -0.1) is 0 Å². The first-order valence-corrected chi connectivity index (χ1v) is 3.79. The van der Waals surface area contributed by atoms with Crippen LogP contribution >= 0.6 is 0 Å². The Hall–Kier alpha value is -1.91. The fourth-order valence-corrected chi connectivity index (χ4v) is 1.12. The van der Waals surface area contributed by atoms with Crippen LogP contribution in [0.25, 0.3) is 0 Å². The SMILES string of the molecule is COc1c(O)ccc(C(=O)O)c1OC. The smallest absolute Gasteiger partial charge is 0.339 e. The molecule has 0 amide bonds. The van der Waals surface area contributed by atoms with Crippen molar-refractivity contribution in [1.82, 2.24) is 0 Å². The number of carboxylic acids is 1. The summed E-state index contributed by atoms with van der Waals surface area (Å²) in [6.45, 7) is 0. The van der Waals surface area contributed by atoms with E-state index in [4.69, 9.17) is 14.6 Å². The molecular formula is C9H10O5. The summed E-state index contributed by atoms with van der Waals surface area (Å²) >= 11 is 0. The van der Waals surface area contributed by atoms with Crippen molar-refractivity contribution in [3.8, 4) is 17.2 Å². The standard InChI is InChI=1S/C9H10O5/c1-13-7-5(9(11)12)3-4-6(10)8(7)14-2/h3-4,10H,1-2H3,(H,11,12). The molecule has 0 aliphatic heterocycles. The Morgan fingerprint density at radius 2 is 1.79 bits per heavy atom. The Bertz CT molecular complexity index is 358. The second kappa shape index (κ2) is 3.87. The first-order valence-electron chi connectivity index (χ1n) is 3.79. The molecular weight excluding hydrogens is 188 g/mol. The van der Waals surface area contributed by atoms with Gasteiger partial charge in [0.1, 0.15) is 5.56 Å². The Labute approximate surface area is 80.5 Å². The zero-order valence-electron chi connectivity index (χ0n) is 7.77. The van der Waals surface area contributed by atoms with E-state index in [1.54, 1.807) is 0 Å². The number of carboxylic acid groups (broad SMARTS) is 1. The molecule has 1 rings (SSSR count). The van der Waals surface area contributed by atoms with Gasteiger partial charge in [0.25, 0.3) is 0 Å². The summed E-state index contributed by atoms with van der Waals surface area (Å²) in [6, 6.07) is 2.49. The Morgan fingerprint density at radius 3 is 2.21 bits per heavy atom. The number of carbonyl (C=O) groups is 1. The van der Waals surface area contributed by atoms with Gasteiger partial charge in [0.05, 0.1) is 14.2 Å². The summed E-state index contributed by atoms with van der Waals surface area (Å²) in [5, 5.41) is 18.1. The summed E-state index contributed by atoms with van der Waals surface area (Å²) in [5.74, 6) is -1.26. The molecule has 0 spiro atoms. The molecule has 2 N–H and O–H groups in total. The van der Waals surface area contributed by atoms with E-state index < -0.39 is 5.97 Å². The molecule has 0 unspecified atom stereocenters. The molecule has 0 atom stereocenters.